The topological polar surface area (TPSA) is 70.7 Å². The zero-order valence-electron chi connectivity index (χ0n) is 19.8. The highest BCUT2D eigenvalue weighted by Crippen LogP contribution is 2.38. The van der Waals surface area contributed by atoms with Crippen LogP contribution in [-0.2, 0) is 20.9 Å². The Kier molecular flexibility index (Phi) is 7.08. The van der Waals surface area contributed by atoms with E-state index in [2.05, 4.69) is 20.3 Å². The molecule has 1 heterocycles. The van der Waals surface area contributed by atoms with Crippen LogP contribution in [0, 0.1) is 5.82 Å². The number of esters is 1. The van der Waals surface area contributed by atoms with Gasteiger partial charge in [-0.05, 0) is 73.3 Å². The Labute approximate surface area is 203 Å². The van der Waals surface area contributed by atoms with Crippen molar-refractivity contribution in [3.8, 4) is 0 Å². The van der Waals surface area contributed by atoms with Gasteiger partial charge in [0, 0.05) is 23.9 Å². The molecule has 1 amide bonds. The molecule has 6 nitrogen and oxygen atoms in total. The number of hydrogen-bond acceptors (Lipinski definition) is 5. The lowest BCUT2D eigenvalue weighted by Crippen LogP contribution is -2.11. The molecular formula is C28H26FN3O3. The number of hydrogen-bond donors (Lipinski definition) is 2. The normalized spacial score (nSPS) is 14.1. The lowest BCUT2D eigenvalue weighted by Gasteiger charge is -2.16. The highest BCUT2D eigenvalue weighted by Gasteiger charge is 2.29. The third-order valence-corrected chi connectivity index (χ3v) is 5.49. The Balaban J connectivity index is 1.80. The molecule has 0 spiro atoms. The molecule has 3 aromatic carbocycles. The van der Waals surface area contributed by atoms with E-state index >= 15 is 0 Å². The maximum Gasteiger partial charge on any atom is 0.330 e. The van der Waals surface area contributed by atoms with Gasteiger partial charge < -0.3 is 20.3 Å². The van der Waals surface area contributed by atoms with Crippen molar-refractivity contribution in [1.82, 2.24) is 4.90 Å². The van der Waals surface area contributed by atoms with Gasteiger partial charge in [-0.25, -0.2) is 9.18 Å². The first-order chi connectivity index (χ1) is 16.8. The van der Waals surface area contributed by atoms with Crippen LogP contribution in [0.3, 0.4) is 0 Å². The van der Waals surface area contributed by atoms with E-state index < -0.39 is 11.8 Å². The van der Waals surface area contributed by atoms with Crippen LogP contribution in [0.2, 0.25) is 0 Å². The number of methoxy groups -OCH3 is 1. The van der Waals surface area contributed by atoms with Crippen molar-refractivity contribution in [2.24, 2.45) is 0 Å². The van der Waals surface area contributed by atoms with Gasteiger partial charge in [0.25, 0.3) is 5.91 Å². The molecule has 0 saturated carbocycles. The molecule has 1 aliphatic rings. The number of fused-ring (bicyclic) bond motifs is 1. The second-order valence-corrected chi connectivity index (χ2v) is 8.44. The van der Waals surface area contributed by atoms with Crippen LogP contribution in [0.25, 0.3) is 17.3 Å². The number of benzene rings is 3. The number of carbonyl (C=O) groups is 2. The van der Waals surface area contributed by atoms with E-state index in [1.165, 1.54) is 25.3 Å². The number of ether oxygens (including phenoxy) is 1. The fourth-order valence-corrected chi connectivity index (χ4v) is 3.91. The second kappa shape index (κ2) is 10.4. The first kappa shape index (κ1) is 23.9. The zero-order valence-corrected chi connectivity index (χ0v) is 19.8. The first-order valence-electron chi connectivity index (χ1n) is 11.1. The molecule has 2 N–H and O–H groups in total. The lowest BCUT2D eigenvalue weighted by atomic mass is 9.98. The number of nitrogens with zero attached hydrogens (tertiary/aromatic N) is 1. The molecule has 178 valence electrons. The van der Waals surface area contributed by atoms with Gasteiger partial charge in [-0.15, -0.1) is 0 Å². The van der Waals surface area contributed by atoms with Crippen molar-refractivity contribution in [3.05, 3.63) is 101 Å². The fraction of sp³-hybridized carbons (Fsp3) is 0.143. The van der Waals surface area contributed by atoms with Crippen molar-refractivity contribution >= 4 is 40.6 Å². The van der Waals surface area contributed by atoms with Crippen LogP contribution in [0.5, 0.6) is 0 Å². The summed E-state index contributed by atoms with van der Waals surface area (Å²) in [7, 11) is 5.34. The lowest BCUT2D eigenvalue weighted by molar-refractivity contribution is -0.134. The van der Waals surface area contributed by atoms with Gasteiger partial charge in [-0.2, -0.15) is 0 Å². The van der Waals surface area contributed by atoms with Gasteiger partial charge in [0.05, 0.1) is 24.1 Å². The minimum Gasteiger partial charge on any atom is -0.466 e. The molecule has 0 atom stereocenters. The Hall–Kier alpha value is -4.23. The van der Waals surface area contributed by atoms with Crippen LogP contribution < -0.4 is 10.6 Å². The SMILES string of the molecule is COC(=O)C=Cc1cccc(C(Nc2ccc(CN(C)C)cc2)=C2C(=O)Nc3cc(F)ccc32)c1. The van der Waals surface area contributed by atoms with Gasteiger partial charge in [0.1, 0.15) is 5.82 Å². The van der Waals surface area contributed by atoms with Crippen LogP contribution in [-0.4, -0.2) is 38.0 Å². The van der Waals surface area contributed by atoms with Crippen molar-refractivity contribution in [2.75, 3.05) is 31.8 Å². The summed E-state index contributed by atoms with van der Waals surface area (Å²) in [5.41, 5.74) is 5.46. The van der Waals surface area contributed by atoms with Crippen LogP contribution in [0.4, 0.5) is 15.8 Å². The van der Waals surface area contributed by atoms with Crippen LogP contribution >= 0.6 is 0 Å². The summed E-state index contributed by atoms with van der Waals surface area (Å²) < 4.78 is 18.5. The maximum atomic E-state index is 13.8. The minimum absolute atomic E-state index is 0.326. The summed E-state index contributed by atoms with van der Waals surface area (Å²) in [6.07, 6.45) is 2.98. The largest absolute Gasteiger partial charge is 0.466 e. The van der Waals surface area contributed by atoms with E-state index in [1.54, 1.807) is 12.1 Å². The zero-order chi connectivity index (χ0) is 24.9. The van der Waals surface area contributed by atoms with E-state index in [0.29, 0.717) is 22.5 Å². The summed E-state index contributed by atoms with van der Waals surface area (Å²) in [6, 6.07) is 19.6. The summed E-state index contributed by atoms with van der Waals surface area (Å²) in [5.74, 6) is -1.21. The Morgan fingerprint density at radius 3 is 2.57 bits per heavy atom. The number of halogens is 1. The molecule has 4 rings (SSSR count). The predicted octanol–water partition coefficient (Wildman–Crippen LogP) is 5.01. The Bertz CT molecular complexity index is 1330. The van der Waals surface area contributed by atoms with Crippen molar-refractivity contribution in [1.29, 1.82) is 0 Å². The average molecular weight is 472 g/mol. The number of anilines is 2. The van der Waals surface area contributed by atoms with Gasteiger partial charge in [-0.1, -0.05) is 30.3 Å². The molecule has 3 aromatic rings. The fourth-order valence-electron chi connectivity index (χ4n) is 3.91. The molecule has 0 bridgehead atoms. The first-order valence-corrected chi connectivity index (χ1v) is 11.1. The van der Waals surface area contributed by atoms with E-state index in [1.807, 2.05) is 62.6 Å². The number of nitrogens with one attached hydrogen (secondary N) is 2. The minimum atomic E-state index is -0.462. The van der Waals surface area contributed by atoms with Crippen LogP contribution in [0.15, 0.2) is 72.8 Å². The molecule has 0 aromatic heterocycles. The monoisotopic (exact) mass is 471 g/mol. The number of rotatable bonds is 7. The van der Waals surface area contributed by atoms with E-state index in [-0.39, 0.29) is 5.91 Å². The predicted molar refractivity (Wildman–Crippen MR) is 137 cm³/mol. The summed E-state index contributed by atoms with van der Waals surface area (Å²) >= 11 is 0. The molecule has 0 unspecified atom stereocenters. The quantitative estimate of drug-likeness (QED) is 0.375. The van der Waals surface area contributed by atoms with Crippen molar-refractivity contribution in [2.45, 2.75) is 6.54 Å². The van der Waals surface area contributed by atoms with E-state index in [9.17, 15) is 14.0 Å². The highest BCUT2D eigenvalue weighted by molar-refractivity contribution is 6.37. The third-order valence-electron chi connectivity index (χ3n) is 5.49. The Morgan fingerprint density at radius 1 is 1.09 bits per heavy atom. The summed E-state index contributed by atoms with van der Waals surface area (Å²) in [5, 5.41) is 6.16. The van der Waals surface area contributed by atoms with Crippen LogP contribution in [0.1, 0.15) is 22.3 Å². The third kappa shape index (κ3) is 5.65. The smallest absolute Gasteiger partial charge is 0.330 e. The van der Waals surface area contributed by atoms with Crippen molar-refractivity contribution in [3.63, 3.8) is 0 Å². The molecule has 35 heavy (non-hydrogen) atoms. The summed E-state index contributed by atoms with van der Waals surface area (Å²) in [6.45, 7) is 0.810. The molecule has 0 aliphatic carbocycles. The molecule has 0 radical (unpaired) electrons. The molecule has 0 saturated heterocycles. The summed E-state index contributed by atoms with van der Waals surface area (Å²) in [4.78, 5) is 26.7. The molecule has 0 fully saturated rings. The van der Waals surface area contributed by atoms with E-state index in [0.717, 1.165) is 28.9 Å². The number of amides is 1. The van der Waals surface area contributed by atoms with E-state index in [4.69, 9.17) is 0 Å². The van der Waals surface area contributed by atoms with Gasteiger partial charge >= 0.3 is 5.97 Å². The Morgan fingerprint density at radius 2 is 1.86 bits per heavy atom. The molecule has 1 aliphatic heterocycles. The maximum absolute atomic E-state index is 13.8. The molecule has 7 heteroatoms. The van der Waals surface area contributed by atoms with Gasteiger partial charge in [-0.3, -0.25) is 4.79 Å². The average Bonchev–Trinajstić information content (AvgIpc) is 3.16. The van der Waals surface area contributed by atoms with Crippen molar-refractivity contribution < 1.29 is 18.7 Å². The standard InChI is InChI=1S/C28H26FN3O3/c1-32(2)17-19-7-11-22(12-8-19)30-27(20-6-4-5-18(15-20)9-14-25(33)35-3)26-23-13-10-21(29)16-24(23)31-28(26)34/h4-16,30H,17H2,1-3H3,(H,31,34). The molecular weight excluding hydrogens is 445 g/mol. The highest BCUT2D eigenvalue weighted by atomic mass is 19.1. The second-order valence-electron chi connectivity index (χ2n) is 8.44. The van der Waals surface area contributed by atoms with Gasteiger partial charge in [0.2, 0.25) is 0 Å². The van der Waals surface area contributed by atoms with Gasteiger partial charge in [0.15, 0.2) is 0 Å². The number of carbonyl (C=O) groups excluding carboxylic acids is 2.